The first kappa shape index (κ1) is 14.3. The number of nitrogens with zero attached hydrogens (tertiary/aromatic N) is 4. The van der Waals surface area contributed by atoms with E-state index in [1.165, 1.54) is 39.9 Å². The van der Waals surface area contributed by atoms with Gasteiger partial charge < -0.3 is 19.7 Å². The molecule has 2 bridgehead atoms. The molecule has 2 aliphatic rings. The molecule has 2 saturated heterocycles. The van der Waals surface area contributed by atoms with Crippen LogP contribution in [0.3, 0.4) is 0 Å². The van der Waals surface area contributed by atoms with Crippen molar-refractivity contribution < 1.29 is 9.47 Å². The summed E-state index contributed by atoms with van der Waals surface area (Å²) in [6, 6.07) is 2.04. The van der Waals surface area contributed by atoms with E-state index >= 15 is 0 Å². The number of methoxy groups -OCH3 is 2. The van der Waals surface area contributed by atoms with Gasteiger partial charge in [-0.3, -0.25) is 0 Å². The minimum atomic E-state index is 0.271. The van der Waals surface area contributed by atoms with Gasteiger partial charge in [-0.05, 0) is 38.6 Å². The monoisotopic (exact) mass is 293 g/mol. The van der Waals surface area contributed by atoms with Gasteiger partial charge in [0.05, 0.1) is 14.2 Å². The lowest BCUT2D eigenvalue weighted by Gasteiger charge is -2.36. The summed E-state index contributed by atoms with van der Waals surface area (Å²) in [5.41, 5.74) is 0. The molecule has 2 atom stereocenters. The van der Waals surface area contributed by atoms with Crippen molar-refractivity contribution in [1.29, 1.82) is 0 Å². The largest absolute Gasteiger partial charge is 0.467 e. The van der Waals surface area contributed by atoms with E-state index in [2.05, 4.69) is 32.2 Å². The van der Waals surface area contributed by atoms with Crippen LogP contribution in [0.25, 0.3) is 0 Å². The van der Waals surface area contributed by atoms with Crippen molar-refractivity contribution in [3.8, 4) is 12.0 Å². The molecule has 2 fully saturated rings. The predicted octanol–water partition coefficient (Wildman–Crippen LogP) is 1.17. The van der Waals surface area contributed by atoms with Gasteiger partial charge in [0.2, 0.25) is 5.95 Å². The first-order valence-corrected chi connectivity index (χ1v) is 7.49. The fourth-order valence-corrected chi connectivity index (χ4v) is 3.53. The maximum absolute atomic E-state index is 5.06. The van der Waals surface area contributed by atoms with Crippen LogP contribution >= 0.6 is 0 Å². The third-order valence-corrected chi connectivity index (χ3v) is 4.70. The Kier molecular flexibility index (Phi) is 4.10. The second-order valence-corrected chi connectivity index (χ2v) is 5.90. The average molecular weight is 293 g/mol. The molecule has 1 N–H and O–H groups in total. The number of ether oxygens (including phenoxy) is 2. The van der Waals surface area contributed by atoms with Crippen LogP contribution in [-0.4, -0.2) is 59.7 Å². The number of aromatic nitrogens is 3. The van der Waals surface area contributed by atoms with E-state index in [1.807, 2.05) is 0 Å². The SMILES string of the molecule is COc1nc(NCC2CC3CCC(C2)N3C)nc(OC)n1. The molecule has 0 aliphatic carbocycles. The Labute approximate surface area is 125 Å². The summed E-state index contributed by atoms with van der Waals surface area (Å²) >= 11 is 0. The molecule has 3 rings (SSSR count). The van der Waals surface area contributed by atoms with Crippen LogP contribution in [0.4, 0.5) is 5.95 Å². The van der Waals surface area contributed by atoms with Gasteiger partial charge in [0.15, 0.2) is 0 Å². The zero-order chi connectivity index (χ0) is 14.8. The highest BCUT2D eigenvalue weighted by molar-refractivity contribution is 5.27. The van der Waals surface area contributed by atoms with Gasteiger partial charge in [-0.15, -0.1) is 4.98 Å². The topological polar surface area (TPSA) is 72.4 Å². The molecule has 7 nitrogen and oxygen atoms in total. The molecule has 3 heterocycles. The molecular weight excluding hydrogens is 270 g/mol. The van der Waals surface area contributed by atoms with Crippen molar-refractivity contribution in [3.63, 3.8) is 0 Å². The summed E-state index contributed by atoms with van der Waals surface area (Å²) in [4.78, 5) is 15.0. The summed E-state index contributed by atoms with van der Waals surface area (Å²) in [6.45, 7) is 0.886. The molecule has 7 heteroatoms. The van der Waals surface area contributed by atoms with Gasteiger partial charge >= 0.3 is 12.0 Å². The quantitative estimate of drug-likeness (QED) is 0.873. The number of anilines is 1. The van der Waals surface area contributed by atoms with E-state index in [9.17, 15) is 0 Å². The maximum atomic E-state index is 5.06. The molecular formula is C14H23N5O2. The molecule has 2 unspecified atom stereocenters. The molecule has 0 saturated carbocycles. The van der Waals surface area contributed by atoms with E-state index in [1.54, 1.807) is 0 Å². The van der Waals surface area contributed by atoms with E-state index < -0.39 is 0 Å². The first-order chi connectivity index (χ1) is 10.2. The van der Waals surface area contributed by atoms with Crippen LogP contribution in [0, 0.1) is 5.92 Å². The van der Waals surface area contributed by atoms with Gasteiger partial charge in [0, 0.05) is 18.6 Å². The number of nitrogens with one attached hydrogen (secondary N) is 1. The zero-order valence-corrected chi connectivity index (χ0v) is 12.9. The van der Waals surface area contributed by atoms with Crippen molar-refractivity contribution in [3.05, 3.63) is 0 Å². The van der Waals surface area contributed by atoms with Crippen LogP contribution in [0.5, 0.6) is 12.0 Å². The highest BCUT2D eigenvalue weighted by Gasteiger charge is 2.38. The van der Waals surface area contributed by atoms with Gasteiger partial charge in [-0.25, -0.2) is 0 Å². The van der Waals surface area contributed by atoms with Crippen molar-refractivity contribution in [1.82, 2.24) is 19.9 Å². The fourth-order valence-electron chi connectivity index (χ4n) is 3.53. The number of rotatable bonds is 5. The van der Waals surface area contributed by atoms with Crippen molar-refractivity contribution in [2.24, 2.45) is 5.92 Å². The molecule has 116 valence electrons. The minimum absolute atomic E-state index is 0.271. The third kappa shape index (κ3) is 3.02. The summed E-state index contributed by atoms with van der Waals surface area (Å²) in [5, 5.41) is 3.31. The van der Waals surface area contributed by atoms with E-state index in [0.717, 1.165) is 18.6 Å². The van der Waals surface area contributed by atoms with Gasteiger partial charge in [0.1, 0.15) is 0 Å². The Morgan fingerprint density at radius 1 is 1.05 bits per heavy atom. The molecule has 1 aromatic rings. The van der Waals surface area contributed by atoms with Gasteiger partial charge in [0.25, 0.3) is 0 Å². The molecule has 0 spiro atoms. The predicted molar refractivity (Wildman–Crippen MR) is 78.7 cm³/mol. The molecule has 2 aliphatic heterocycles. The number of hydrogen-bond acceptors (Lipinski definition) is 7. The molecule has 1 aromatic heterocycles. The zero-order valence-electron chi connectivity index (χ0n) is 12.9. The number of fused-ring (bicyclic) bond motifs is 2. The fraction of sp³-hybridized carbons (Fsp3) is 0.786. The van der Waals surface area contributed by atoms with Crippen LogP contribution in [-0.2, 0) is 0 Å². The number of piperidine rings is 1. The summed E-state index contributed by atoms with van der Waals surface area (Å²) in [5.74, 6) is 1.19. The summed E-state index contributed by atoms with van der Waals surface area (Å²) in [7, 11) is 5.33. The lowest BCUT2D eigenvalue weighted by atomic mass is 9.91. The summed E-state index contributed by atoms with van der Waals surface area (Å²) in [6.07, 6.45) is 5.18. The lowest BCUT2D eigenvalue weighted by molar-refractivity contribution is 0.139. The Hall–Kier alpha value is -1.63. The maximum Gasteiger partial charge on any atom is 0.324 e. The smallest absolute Gasteiger partial charge is 0.324 e. The van der Waals surface area contributed by atoms with Gasteiger partial charge in [-0.1, -0.05) is 0 Å². The van der Waals surface area contributed by atoms with E-state index in [4.69, 9.17) is 9.47 Å². The molecule has 0 amide bonds. The van der Waals surface area contributed by atoms with Crippen LogP contribution in [0.1, 0.15) is 25.7 Å². The standard InChI is InChI=1S/C14H23N5O2/c1-19-10-4-5-11(19)7-9(6-10)8-15-12-16-13(20-2)18-14(17-12)21-3/h9-11H,4-8H2,1-3H3,(H,15,16,17,18). The third-order valence-electron chi connectivity index (χ3n) is 4.70. The highest BCUT2D eigenvalue weighted by atomic mass is 16.5. The molecule has 0 aromatic carbocycles. The van der Waals surface area contributed by atoms with Crippen molar-refractivity contribution >= 4 is 5.95 Å². The summed E-state index contributed by atoms with van der Waals surface area (Å²) < 4.78 is 10.1. The van der Waals surface area contributed by atoms with Crippen LogP contribution < -0.4 is 14.8 Å². The van der Waals surface area contributed by atoms with E-state index in [0.29, 0.717) is 11.9 Å². The Balaban J connectivity index is 1.60. The van der Waals surface area contributed by atoms with Crippen LogP contribution in [0.2, 0.25) is 0 Å². The van der Waals surface area contributed by atoms with E-state index in [-0.39, 0.29) is 12.0 Å². The Morgan fingerprint density at radius 3 is 2.14 bits per heavy atom. The second-order valence-electron chi connectivity index (χ2n) is 5.90. The molecule has 0 radical (unpaired) electrons. The van der Waals surface area contributed by atoms with Crippen LogP contribution in [0.15, 0.2) is 0 Å². The Bertz CT molecular complexity index is 462. The average Bonchev–Trinajstić information content (AvgIpc) is 2.74. The normalized spacial score (nSPS) is 28.4. The highest BCUT2D eigenvalue weighted by Crippen LogP contribution is 2.37. The Morgan fingerprint density at radius 2 is 1.62 bits per heavy atom. The molecule has 21 heavy (non-hydrogen) atoms. The van der Waals surface area contributed by atoms with Crippen molar-refractivity contribution in [2.45, 2.75) is 37.8 Å². The van der Waals surface area contributed by atoms with Gasteiger partial charge in [-0.2, -0.15) is 9.97 Å². The lowest BCUT2D eigenvalue weighted by Crippen LogP contribution is -2.41. The number of hydrogen-bond donors (Lipinski definition) is 1. The van der Waals surface area contributed by atoms with Crippen molar-refractivity contribution in [2.75, 3.05) is 33.1 Å². The minimum Gasteiger partial charge on any atom is -0.467 e. The first-order valence-electron chi connectivity index (χ1n) is 7.49. The second kappa shape index (κ2) is 6.01.